The van der Waals surface area contributed by atoms with Gasteiger partial charge in [-0.15, -0.1) is 11.6 Å². The summed E-state index contributed by atoms with van der Waals surface area (Å²) in [6, 6.07) is 13.3. The van der Waals surface area contributed by atoms with Crippen molar-refractivity contribution in [2.45, 2.75) is 31.4 Å². The third kappa shape index (κ3) is 5.75. The Kier molecular flexibility index (Phi) is 7.81. The van der Waals surface area contributed by atoms with Crippen LogP contribution < -0.4 is 14.2 Å². The number of aliphatic hydroxyl groups is 1. The molecule has 3 fully saturated rings. The first kappa shape index (κ1) is 27.1. The van der Waals surface area contributed by atoms with Gasteiger partial charge in [0.05, 0.1) is 34.8 Å². The maximum absolute atomic E-state index is 11.7. The summed E-state index contributed by atoms with van der Waals surface area (Å²) in [5.74, 6) is 2.32. The Morgan fingerprint density at radius 2 is 1.97 bits per heavy atom. The summed E-state index contributed by atoms with van der Waals surface area (Å²) in [6.07, 6.45) is 5.15. The third-order valence-corrected chi connectivity index (χ3v) is 8.89. The minimum absolute atomic E-state index is 0.00702. The van der Waals surface area contributed by atoms with Crippen LogP contribution in [0.15, 0.2) is 42.6 Å². The highest BCUT2D eigenvalue weighted by Gasteiger charge is 2.46. The van der Waals surface area contributed by atoms with Crippen LogP contribution in [0.25, 0.3) is 16.6 Å². The Balaban J connectivity index is 1.30. The Hall–Kier alpha value is -2.48. The average molecular weight is 579 g/mol. The van der Waals surface area contributed by atoms with Crippen molar-refractivity contribution in [3.05, 3.63) is 53.2 Å². The van der Waals surface area contributed by atoms with Gasteiger partial charge in [-0.3, -0.25) is 0 Å². The van der Waals surface area contributed by atoms with Gasteiger partial charge in [-0.2, -0.15) is 5.26 Å². The number of nitrogens with one attached hydrogen (secondary N) is 1. The molecule has 6 rings (SSSR count). The predicted octanol–water partition coefficient (Wildman–Crippen LogP) is 4.48. The fourth-order valence-electron chi connectivity index (χ4n) is 5.57. The van der Waals surface area contributed by atoms with E-state index >= 15 is 0 Å². The zero-order valence-corrected chi connectivity index (χ0v) is 23.1. The molecular formula is C27H29Cl2N3O5S. The van der Waals surface area contributed by atoms with Gasteiger partial charge in [0.25, 0.3) is 0 Å². The Labute approximate surface area is 232 Å². The molecule has 2 bridgehead atoms. The summed E-state index contributed by atoms with van der Waals surface area (Å²) in [4.78, 5) is 0. The van der Waals surface area contributed by atoms with Gasteiger partial charge < -0.3 is 19.1 Å². The molecule has 3 aliphatic carbocycles. The summed E-state index contributed by atoms with van der Waals surface area (Å²) in [7, 11) is -3.23. The molecule has 2 unspecified atom stereocenters. The molecule has 2 aromatic carbocycles. The van der Waals surface area contributed by atoms with Gasteiger partial charge in [-0.1, -0.05) is 11.6 Å². The molecule has 2 N–H and O–H groups in total. The molecule has 38 heavy (non-hydrogen) atoms. The number of hydrogen-bond donors (Lipinski definition) is 2. The minimum atomic E-state index is -3.23. The van der Waals surface area contributed by atoms with Crippen LogP contribution >= 0.6 is 23.2 Å². The van der Waals surface area contributed by atoms with Crippen molar-refractivity contribution in [2.75, 3.05) is 25.3 Å². The van der Waals surface area contributed by atoms with E-state index in [1.807, 2.05) is 35.0 Å². The number of halogens is 2. The van der Waals surface area contributed by atoms with E-state index in [9.17, 15) is 18.8 Å². The number of ether oxygens (including phenoxy) is 2. The quantitative estimate of drug-likeness (QED) is 0.343. The molecule has 0 radical (unpaired) electrons. The predicted molar refractivity (Wildman–Crippen MR) is 147 cm³/mol. The van der Waals surface area contributed by atoms with Crippen LogP contribution in [0.4, 0.5) is 0 Å². The van der Waals surface area contributed by atoms with Crippen LogP contribution in [0.3, 0.4) is 0 Å². The van der Waals surface area contributed by atoms with Gasteiger partial charge in [0, 0.05) is 23.3 Å². The van der Waals surface area contributed by atoms with Gasteiger partial charge in [0.15, 0.2) is 5.75 Å². The summed E-state index contributed by atoms with van der Waals surface area (Å²) in [5.41, 5.74) is 1.87. The maximum atomic E-state index is 11.7. The molecule has 1 heterocycles. The maximum Gasteiger partial charge on any atom is 0.208 e. The van der Waals surface area contributed by atoms with Gasteiger partial charge in [-0.05, 0) is 73.4 Å². The van der Waals surface area contributed by atoms with E-state index in [-0.39, 0.29) is 34.9 Å². The lowest BCUT2D eigenvalue weighted by atomic mass is 9.58. The Morgan fingerprint density at radius 1 is 1.18 bits per heavy atom. The molecular weight excluding hydrogens is 549 g/mol. The smallest absolute Gasteiger partial charge is 0.208 e. The topological polar surface area (TPSA) is 114 Å². The highest BCUT2D eigenvalue weighted by Crippen LogP contribution is 2.49. The normalized spacial score (nSPS) is 23.4. The van der Waals surface area contributed by atoms with Crippen LogP contribution in [0.1, 0.15) is 24.8 Å². The van der Waals surface area contributed by atoms with E-state index < -0.39 is 16.1 Å². The van der Waals surface area contributed by atoms with E-state index in [1.54, 1.807) is 12.1 Å². The Bertz CT molecular complexity index is 1480. The van der Waals surface area contributed by atoms with Gasteiger partial charge in [-0.25, -0.2) is 13.1 Å². The van der Waals surface area contributed by atoms with Crippen LogP contribution in [0.5, 0.6) is 11.5 Å². The lowest BCUT2D eigenvalue weighted by Gasteiger charge is -2.51. The van der Waals surface area contributed by atoms with Gasteiger partial charge >= 0.3 is 0 Å². The lowest BCUT2D eigenvalue weighted by molar-refractivity contribution is 0.00189. The molecule has 0 saturated heterocycles. The van der Waals surface area contributed by atoms with Crippen molar-refractivity contribution in [1.29, 1.82) is 5.26 Å². The largest absolute Gasteiger partial charge is 0.493 e. The molecule has 3 aromatic rings. The second-order valence-corrected chi connectivity index (χ2v) is 12.7. The van der Waals surface area contributed by atoms with Crippen molar-refractivity contribution in [3.8, 4) is 23.3 Å². The van der Waals surface area contributed by atoms with E-state index in [1.165, 1.54) is 6.26 Å². The molecule has 1 aromatic heterocycles. The van der Waals surface area contributed by atoms with Crippen LogP contribution in [0, 0.1) is 29.1 Å². The van der Waals surface area contributed by atoms with Crippen LogP contribution in [-0.2, 0) is 10.0 Å². The van der Waals surface area contributed by atoms with E-state index in [0.29, 0.717) is 30.0 Å². The summed E-state index contributed by atoms with van der Waals surface area (Å²) in [6.45, 7) is 0.482. The summed E-state index contributed by atoms with van der Waals surface area (Å²) >= 11 is 12.1. The molecule has 0 amide bonds. The number of nitrogens with zero attached hydrogens (tertiary/aromatic N) is 2. The summed E-state index contributed by atoms with van der Waals surface area (Å²) in [5, 5.41) is 20.6. The first-order valence-electron chi connectivity index (χ1n) is 12.5. The van der Waals surface area contributed by atoms with Crippen LogP contribution in [-0.4, -0.2) is 55.6 Å². The molecule has 3 atom stereocenters. The second kappa shape index (κ2) is 10.9. The minimum Gasteiger partial charge on any atom is -0.493 e. The average Bonchev–Trinajstić information content (AvgIpc) is 3.27. The third-order valence-electron chi connectivity index (χ3n) is 7.52. The lowest BCUT2D eigenvalue weighted by Crippen LogP contribution is -2.54. The molecule has 11 heteroatoms. The number of sulfonamides is 1. The molecule has 202 valence electrons. The number of rotatable bonds is 10. The monoisotopic (exact) mass is 577 g/mol. The van der Waals surface area contributed by atoms with Crippen molar-refractivity contribution >= 4 is 44.1 Å². The van der Waals surface area contributed by atoms with Crippen molar-refractivity contribution < 1.29 is 23.0 Å². The highest BCUT2D eigenvalue weighted by molar-refractivity contribution is 7.88. The van der Waals surface area contributed by atoms with Gasteiger partial charge in [0.1, 0.15) is 24.5 Å². The number of aliphatic hydroxyl groups excluding tert-OH is 1. The first-order valence-corrected chi connectivity index (χ1v) is 15.3. The number of benzene rings is 2. The zero-order chi connectivity index (χ0) is 27.0. The zero-order valence-electron chi connectivity index (χ0n) is 20.8. The molecule has 8 nitrogen and oxygen atoms in total. The molecule has 0 spiro atoms. The standard InChI is InChI=1S/C27H29Cl2N3O5S/c1-38(34,35)31-25-10-20(17-6-18(25)7-17)14-36-23-2-3-26-16(9-23)4-5-32(26)21-8-19(13-30)27(24(29)11-21)37-15-22(33)12-28/h2-5,8-9,11,17-18,20,22,25,31,33H,6-7,10,12,14-15H2,1H3/t17?,18?,20-,22?,25?/m1/s1. The molecule has 3 aliphatic rings. The van der Waals surface area contributed by atoms with E-state index in [0.717, 1.165) is 35.9 Å². The molecule has 0 aliphatic heterocycles. The first-order chi connectivity index (χ1) is 18.1. The highest BCUT2D eigenvalue weighted by atomic mass is 35.5. The van der Waals surface area contributed by atoms with Crippen molar-refractivity contribution in [2.24, 2.45) is 17.8 Å². The number of hydrogen-bond acceptors (Lipinski definition) is 6. The number of aromatic nitrogens is 1. The fraction of sp³-hybridized carbons (Fsp3) is 0.444. The van der Waals surface area contributed by atoms with E-state index in [2.05, 4.69) is 10.8 Å². The van der Waals surface area contributed by atoms with Gasteiger partial charge in [0.2, 0.25) is 10.0 Å². The van der Waals surface area contributed by atoms with Crippen molar-refractivity contribution in [1.82, 2.24) is 9.29 Å². The Morgan fingerprint density at radius 3 is 2.68 bits per heavy atom. The SMILES string of the molecule is CS(=O)(=O)NC1C[C@H](COc2ccc3c(ccn3-c3cc(Cl)c(OCC(O)CCl)c(C#N)c3)c2)C2CC1C2. The summed E-state index contributed by atoms with van der Waals surface area (Å²) < 4.78 is 39.9. The van der Waals surface area contributed by atoms with E-state index in [4.69, 9.17) is 32.7 Å². The fourth-order valence-corrected chi connectivity index (χ4v) is 6.76. The van der Waals surface area contributed by atoms with Crippen LogP contribution in [0.2, 0.25) is 5.02 Å². The number of fused-ring (bicyclic) bond motifs is 3. The van der Waals surface area contributed by atoms with Crippen molar-refractivity contribution in [3.63, 3.8) is 0 Å². The number of alkyl halides is 1. The number of nitriles is 1. The molecule has 3 saturated carbocycles. The second-order valence-electron chi connectivity index (χ2n) is 10.2.